The molecule has 3 heteroatoms. The van der Waals surface area contributed by atoms with E-state index in [2.05, 4.69) is 48.8 Å². The lowest BCUT2D eigenvalue weighted by Crippen LogP contribution is -2.41. The van der Waals surface area contributed by atoms with Gasteiger partial charge in [-0.25, -0.2) is 0 Å². The zero-order chi connectivity index (χ0) is 16.7. The zero-order valence-corrected chi connectivity index (χ0v) is 15.0. The number of ether oxygens (including phenoxy) is 1. The van der Waals surface area contributed by atoms with E-state index in [9.17, 15) is 0 Å². The third kappa shape index (κ3) is 5.58. The predicted molar refractivity (Wildman–Crippen MR) is 99.2 cm³/mol. The molecule has 23 heavy (non-hydrogen) atoms. The lowest BCUT2D eigenvalue weighted by atomic mass is 10.0. The summed E-state index contributed by atoms with van der Waals surface area (Å²) in [7, 11) is 0. The minimum Gasteiger partial charge on any atom is -0.493 e. The molecule has 1 unspecified atom stereocenters. The number of hydrogen-bond acceptors (Lipinski definition) is 3. The first-order chi connectivity index (χ1) is 11.1. The third-order valence-electron chi connectivity index (χ3n) is 4.44. The molecule has 0 aromatic heterocycles. The molecule has 1 saturated heterocycles. The predicted octanol–water partition coefficient (Wildman–Crippen LogP) is 4.70. The Morgan fingerprint density at radius 3 is 2.70 bits per heavy atom. The molecule has 1 fully saturated rings. The van der Waals surface area contributed by atoms with Crippen LogP contribution < -0.4 is 10.1 Å². The van der Waals surface area contributed by atoms with Gasteiger partial charge >= 0.3 is 0 Å². The van der Waals surface area contributed by atoms with Crippen LogP contribution in [-0.4, -0.2) is 31.1 Å². The van der Waals surface area contributed by atoms with Gasteiger partial charge in [0.15, 0.2) is 0 Å². The monoisotopic (exact) mass is 316 g/mol. The van der Waals surface area contributed by atoms with Gasteiger partial charge in [0.2, 0.25) is 0 Å². The van der Waals surface area contributed by atoms with Crippen LogP contribution in [0.2, 0.25) is 0 Å². The average Bonchev–Trinajstić information content (AvgIpc) is 2.47. The summed E-state index contributed by atoms with van der Waals surface area (Å²) in [6.45, 7) is 14.8. The van der Waals surface area contributed by atoms with Crippen molar-refractivity contribution >= 4 is 5.69 Å². The smallest absolute Gasteiger partial charge is 0.124 e. The molecule has 1 aromatic carbocycles. The third-order valence-corrected chi connectivity index (χ3v) is 4.44. The van der Waals surface area contributed by atoms with Gasteiger partial charge in [0, 0.05) is 29.9 Å². The molecule has 128 valence electrons. The molecular formula is C20H32N2O. The zero-order valence-electron chi connectivity index (χ0n) is 15.0. The van der Waals surface area contributed by atoms with E-state index >= 15 is 0 Å². The Morgan fingerprint density at radius 2 is 2.13 bits per heavy atom. The number of nitrogens with one attached hydrogen (secondary N) is 1. The molecule has 2 rings (SSSR count). The highest BCUT2D eigenvalue weighted by atomic mass is 16.5. The van der Waals surface area contributed by atoms with Crippen LogP contribution in [0.4, 0.5) is 5.69 Å². The summed E-state index contributed by atoms with van der Waals surface area (Å²) in [5, 5.41) is 3.28. The highest BCUT2D eigenvalue weighted by Crippen LogP contribution is 2.26. The summed E-state index contributed by atoms with van der Waals surface area (Å²) in [5.41, 5.74) is 3.28. The molecular weight excluding hydrogens is 284 g/mol. The van der Waals surface area contributed by atoms with Crippen LogP contribution in [0.15, 0.2) is 30.5 Å². The first-order valence-corrected chi connectivity index (χ1v) is 9.03. The second kappa shape index (κ2) is 8.97. The van der Waals surface area contributed by atoms with E-state index in [4.69, 9.17) is 4.74 Å². The number of rotatable bonds is 10. The molecule has 1 aromatic rings. The number of allylic oxidation sites excluding steroid dienone is 1. The summed E-state index contributed by atoms with van der Waals surface area (Å²) in [4.78, 5) is 2.55. The van der Waals surface area contributed by atoms with E-state index in [0.29, 0.717) is 5.92 Å². The maximum Gasteiger partial charge on any atom is 0.124 e. The van der Waals surface area contributed by atoms with Gasteiger partial charge in [0.05, 0.1) is 6.61 Å². The Bertz CT molecular complexity index is 508. The second-order valence-electron chi connectivity index (χ2n) is 6.70. The second-order valence-corrected chi connectivity index (χ2v) is 6.70. The van der Waals surface area contributed by atoms with Crippen molar-refractivity contribution in [3.8, 4) is 5.75 Å². The maximum absolute atomic E-state index is 6.24. The van der Waals surface area contributed by atoms with E-state index in [-0.39, 0.29) is 0 Å². The molecule has 0 bridgehead atoms. The molecule has 1 N–H and O–H groups in total. The molecule has 1 heterocycles. The fourth-order valence-electron chi connectivity index (χ4n) is 3.08. The number of likely N-dealkylation sites (tertiary alicyclic amines) is 1. The first-order valence-electron chi connectivity index (χ1n) is 9.03. The fraction of sp³-hybridized carbons (Fsp3) is 0.600. The van der Waals surface area contributed by atoms with Crippen LogP contribution in [0.25, 0.3) is 0 Å². The molecule has 1 atom stereocenters. The van der Waals surface area contributed by atoms with Gasteiger partial charge in [0.25, 0.3) is 0 Å². The normalized spacial score (nSPS) is 15.8. The Morgan fingerprint density at radius 1 is 1.35 bits per heavy atom. The van der Waals surface area contributed by atoms with Crippen molar-refractivity contribution in [1.29, 1.82) is 0 Å². The van der Waals surface area contributed by atoms with Crippen molar-refractivity contribution in [2.24, 2.45) is 5.92 Å². The molecule has 0 saturated carbocycles. The summed E-state index contributed by atoms with van der Waals surface area (Å²) in [6, 6.07) is 6.37. The number of hydrogen-bond donors (Lipinski definition) is 1. The van der Waals surface area contributed by atoms with Gasteiger partial charge in [-0.1, -0.05) is 32.9 Å². The standard InChI is InChI=1S/C20H32N2O/c1-5-8-17(14-22-11-7-12-22)15-23-20-13-19(21-16(3)4)10-9-18(20)6-2/h9-10,13,17,21H,3,5-8,11-12,14-15H2,1-2,4H3. The lowest BCUT2D eigenvalue weighted by Gasteiger charge is -2.34. The van der Waals surface area contributed by atoms with Crippen molar-refractivity contribution in [3.05, 3.63) is 36.0 Å². The van der Waals surface area contributed by atoms with Gasteiger partial charge in [-0.2, -0.15) is 0 Å². The van der Waals surface area contributed by atoms with E-state index in [1.54, 1.807) is 0 Å². The molecule has 0 amide bonds. The van der Waals surface area contributed by atoms with Gasteiger partial charge in [-0.3, -0.25) is 0 Å². The largest absolute Gasteiger partial charge is 0.493 e. The number of anilines is 1. The molecule has 3 nitrogen and oxygen atoms in total. The fourth-order valence-corrected chi connectivity index (χ4v) is 3.08. The van der Waals surface area contributed by atoms with Crippen LogP contribution in [0.5, 0.6) is 5.75 Å². The average molecular weight is 316 g/mol. The van der Waals surface area contributed by atoms with Crippen LogP contribution in [0, 0.1) is 5.92 Å². The number of nitrogens with zero attached hydrogens (tertiary/aromatic N) is 1. The van der Waals surface area contributed by atoms with Crippen molar-refractivity contribution in [3.63, 3.8) is 0 Å². The van der Waals surface area contributed by atoms with Crippen molar-refractivity contribution in [2.45, 2.75) is 46.5 Å². The first kappa shape index (κ1) is 17.9. The van der Waals surface area contributed by atoms with Crippen molar-refractivity contribution in [1.82, 2.24) is 4.90 Å². The summed E-state index contributed by atoms with van der Waals surface area (Å²) in [5.74, 6) is 1.64. The minimum absolute atomic E-state index is 0.628. The molecule has 1 aliphatic heterocycles. The van der Waals surface area contributed by atoms with Crippen molar-refractivity contribution < 1.29 is 4.74 Å². The van der Waals surface area contributed by atoms with Gasteiger partial charge in [-0.05, 0) is 50.9 Å². The van der Waals surface area contributed by atoms with E-state index in [1.807, 2.05) is 6.92 Å². The van der Waals surface area contributed by atoms with Crippen LogP contribution in [0.1, 0.15) is 45.6 Å². The highest BCUT2D eigenvalue weighted by molar-refractivity contribution is 5.54. The number of aryl methyl sites for hydroxylation is 1. The Hall–Kier alpha value is -1.48. The molecule has 0 radical (unpaired) electrons. The van der Waals surface area contributed by atoms with Gasteiger partial charge in [-0.15, -0.1) is 0 Å². The molecule has 1 aliphatic rings. The quantitative estimate of drug-likeness (QED) is 0.677. The topological polar surface area (TPSA) is 24.5 Å². The number of benzene rings is 1. The minimum atomic E-state index is 0.628. The van der Waals surface area contributed by atoms with Gasteiger partial charge < -0.3 is 15.0 Å². The van der Waals surface area contributed by atoms with Crippen LogP contribution in [0.3, 0.4) is 0 Å². The van der Waals surface area contributed by atoms with Crippen LogP contribution >= 0.6 is 0 Å². The highest BCUT2D eigenvalue weighted by Gasteiger charge is 2.19. The van der Waals surface area contributed by atoms with E-state index in [0.717, 1.165) is 30.2 Å². The lowest BCUT2D eigenvalue weighted by molar-refractivity contribution is 0.120. The van der Waals surface area contributed by atoms with Gasteiger partial charge in [0.1, 0.15) is 5.75 Å². The Balaban J connectivity index is 1.99. The Labute approximate surface area is 141 Å². The maximum atomic E-state index is 6.24. The molecule has 0 aliphatic carbocycles. The van der Waals surface area contributed by atoms with Crippen molar-refractivity contribution in [2.75, 3.05) is 31.6 Å². The summed E-state index contributed by atoms with van der Waals surface area (Å²) < 4.78 is 6.24. The van der Waals surface area contributed by atoms with Crippen LogP contribution in [-0.2, 0) is 6.42 Å². The Kier molecular flexibility index (Phi) is 6.97. The van der Waals surface area contributed by atoms with E-state index in [1.165, 1.54) is 44.5 Å². The summed E-state index contributed by atoms with van der Waals surface area (Å²) in [6.07, 6.45) is 4.81. The van der Waals surface area contributed by atoms with E-state index < -0.39 is 0 Å². The summed E-state index contributed by atoms with van der Waals surface area (Å²) >= 11 is 0. The molecule has 0 spiro atoms. The SMILES string of the molecule is C=C(C)Nc1ccc(CC)c(OCC(CCC)CN2CCC2)c1.